The maximum atomic E-state index is 13.7. The van der Waals surface area contributed by atoms with Gasteiger partial charge >= 0.3 is 0 Å². The third-order valence-electron chi connectivity index (χ3n) is 3.40. The molecule has 1 saturated carbocycles. The first kappa shape index (κ1) is 14.9. The molecular weight excluding hydrogens is 340 g/mol. The minimum absolute atomic E-state index is 0.108. The van der Waals surface area contributed by atoms with Gasteiger partial charge in [0.05, 0.1) is 0 Å². The number of rotatable bonds is 3. The predicted octanol–water partition coefficient (Wildman–Crippen LogP) is 3.19. The van der Waals surface area contributed by atoms with Crippen molar-refractivity contribution in [2.45, 2.75) is 37.1 Å². The minimum Gasteiger partial charge on any atom is -0.208 e. The second kappa shape index (κ2) is 5.46. The maximum absolute atomic E-state index is 13.7. The van der Waals surface area contributed by atoms with Crippen molar-refractivity contribution >= 4 is 26.0 Å². The summed E-state index contributed by atoms with van der Waals surface area (Å²) < 4.78 is 53.4. The fourth-order valence-electron chi connectivity index (χ4n) is 2.36. The normalized spacial score (nSPS) is 23.8. The molecular formula is C12H14BrF2NO2S. The van der Waals surface area contributed by atoms with Crippen molar-refractivity contribution in [3.63, 3.8) is 0 Å². The highest BCUT2D eigenvalue weighted by Crippen LogP contribution is 2.30. The molecule has 0 heterocycles. The average molecular weight is 354 g/mol. The van der Waals surface area contributed by atoms with E-state index in [-0.39, 0.29) is 16.4 Å². The summed E-state index contributed by atoms with van der Waals surface area (Å²) in [4.78, 5) is -0.534. The molecule has 1 aromatic carbocycles. The third-order valence-corrected chi connectivity index (χ3v) is 5.85. The number of benzene rings is 1. The van der Waals surface area contributed by atoms with Crippen LogP contribution in [0.2, 0.25) is 0 Å². The van der Waals surface area contributed by atoms with Gasteiger partial charge in [-0.3, -0.25) is 0 Å². The van der Waals surface area contributed by atoms with Crippen LogP contribution in [-0.4, -0.2) is 14.5 Å². The Morgan fingerprint density at radius 1 is 1.32 bits per heavy atom. The molecule has 0 saturated heterocycles. The maximum Gasteiger partial charge on any atom is 0.244 e. The molecule has 2 unspecified atom stereocenters. The molecule has 2 atom stereocenters. The lowest BCUT2D eigenvalue weighted by Crippen LogP contribution is -2.37. The zero-order chi connectivity index (χ0) is 14.2. The van der Waals surface area contributed by atoms with E-state index in [1.54, 1.807) is 0 Å². The monoisotopic (exact) mass is 353 g/mol. The third kappa shape index (κ3) is 3.14. The summed E-state index contributed by atoms with van der Waals surface area (Å²) >= 11 is 2.90. The summed E-state index contributed by atoms with van der Waals surface area (Å²) in [7, 11) is -3.99. The van der Waals surface area contributed by atoms with Crippen LogP contribution in [0.15, 0.2) is 21.5 Å². The standard InChI is InChI=1S/C12H14BrF2NO2S/c1-7-3-2-4-11(7)16-19(17,18)12-9(13)5-8(14)6-10(12)15/h5-7,11,16H,2-4H2,1H3. The van der Waals surface area contributed by atoms with Gasteiger partial charge in [-0.05, 0) is 40.8 Å². The minimum atomic E-state index is -3.99. The number of hydrogen-bond acceptors (Lipinski definition) is 2. The topological polar surface area (TPSA) is 46.2 Å². The number of halogens is 3. The summed E-state index contributed by atoms with van der Waals surface area (Å²) in [6, 6.07) is 1.31. The highest BCUT2D eigenvalue weighted by atomic mass is 79.9. The van der Waals surface area contributed by atoms with Crippen LogP contribution in [0.25, 0.3) is 0 Å². The Morgan fingerprint density at radius 3 is 2.53 bits per heavy atom. The molecule has 7 heteroatoms. The van der Waals surface area contributed by atoms with Crippen LogP contribution in [-0.2, 0) is 10.0 Å². The molecule has 0 radical (unpaired) electrons. The van der Waals surface area contributed by atoms with Gasteiger partial charge < -0.3 is 0 Å². The van der Waals surface area contributed by atoms with Crippen molar-refractivity contribution in [1.82, 2.24) is 4.72 Å². The molecule has 0 spiro atoms. The lowest BCUT2D eigenvalue weighted by Gasteiger charge is -2.18. The van der Waals surface area contributed by atoms with E-state index in [0.29, 0.717) is 6.07 Å². The lowest BCUT2D eigenvalue weighted by molar-refractivity contribution is 0.472. The summed E-state index contributed by atoms with van der Waals surface area (Å²) in [5, 5.41) is 0. The van der Waals surface area contributed by atoms with Crippen molar-refractivity contribution < 1.29 is 17.2 Å². The first-order chi connectivity index (χ1) is 8.81. The zero-order valence-corrected chi connectivity index (χ0v) is 12.7. The van der Waals surface area contributed by atoms with E-state index in [0.717, 1.165) is 25.3 Å². The van der Waals surface area contributed by atoms with Gasteiger partial charge in [-0.15, -0.1) is 0 Å². The Labute approximate surface area is 119 Å². The molecule has 106 valence electrons. The Morgan fingerprint density at radius 2 is 2.00 bits per heavy atom. The predicted molar refractivity (Wildman–Crippen MR) is 71.2 cm³/mol. The van der Waals surface area contributed by atoms with Crippen molar-refractivity contribution in [2.24, 2.45) is 5.92 Å². The van der Waals surface area contributed by atoms with E-state index in [1.165, 1.54) is 0 Å². The second-order valence-electron chi connectivity index (χ2n) is 4.83. The van der Waals surface area contributed by atoms with Gasteiger partial charge in [-0.2, -0.15) is 0 Å². The molecule has 0 aromatic heterocycles. The zero-order valence-electron chi connectivity index (χ0n) is 10.3. The van der Waals surface area contributed by atoms with Crippen LogP contribution in [0.4, 0.5) is 8.78 Å². The Balaban J connectivity index is 2.34. The number of sulfonamides is 1. The van der Waals surface area contributed by atoms with E-state index >= 15 is 0 Å². The summed E-state index contributed by atoms with van der Waals surface area (Å²) in [6.07, 6.45) is 2.63. The van der Waals surface area contributed by atoms with Gasteiger partial charge in [0.1, 0.15) is 16.5 Å². The Bertz CT molecular complexity index is 568. The van der Waals surface area contributed by atoms with E-state index in [2.05, 4.69) is 20.7 Å². The molecule has 3 nitrogen and oxygen atoms in total. The quantitative estimate of drug-likeness (QED) is 0.906. The first-order valence-corrected chi connectivity index (χ1v) is 8.26. The van der Waals surface area contributed by atoms with Crippen LogP contribution < -0.4 is 4.72 Å². The van der Waals surface area contributed by atoms with Gasteiger partial charge in [-0.1, -0.05) is 13.3 Å². The molecule has 2 rings (SSSR count). The molecule has 1 fully saturated rings. The lowest BCUT2D eigenvalue weighted by atomic mass is 10.1. The molecule has 0 aliphatic heterocycles. The molecule has 0 amide bonds. The smallest absolute Gasteiger partial charge is 0.208 e. The van der Waals surface area contributed by atoms with Crippen LogP contribution in [0.1, 0.15) is 26.2 Å². The van der Waals surface area contributed by atoms with Crippen molar-refractivity contribution in [2.75, 3.05) is 0 Å². The fraction of sp³-hybridized carbons (Fsp3) is 0.500. The van der Waals surface area contributed by atoms with Crippen LogP contribution in [0.3, 0.4) is 0 Å². The molecule has 1 aliphatic rings. The SMILES string of the molecule is CC1CCCC1NS(=O)(=O)c1c(F)cc(F)cc1Br. The van der Waals surface area contributed by atoms with Crippen molar-refractivity contribution in [3.05, 3.63) is 28.2 Å². The van der Waals surface area contributed by atoms with Crippen LogP contribution >= 0.6 is 15.9 Å². The van der Waals surface area contributed by atoms with Gasteiger partial charge in [0.25, 0.3) is 0 Å². The molecule has 1 N–H and O–H groups in total. The van der Waals surface area contributed by atoms with E-state index in [9.17, 15) is 17.2 Å². The number of nitrogens with one attached hydrogen (secondary N) is 1. The van der Waals surface area contributed by atoms with Crippen molar-refractivity contribution in [1.29, 1.82) is 0 Å². The Kier molecular flexibility index (Phi) is 4.27. The second-order valence-corrected chi connectivity index (χ2v) is 7.34. The summed E-state index contributed by atoms with van der Waals surface area (Å²) in [6.45, 7) is 1.95. The van der Waals surface area contributed by atoms with Gasteiger partial charge in [0.2, 0.25) is 10.0 Å². The average Bonchev–Trinajstić information content (AvgIpc) is 2.61. The largest absolute Gasteiger partial charge is 0.244 e. The summed E-state index contributed by atoms with van der Waals surface area (Å²) in [5.74, 6) is -1.69. The van der Waals surface area contributed by atoms with E-state index in [4.69, 9.17) is 0 Å². The molecule has 19 heavy (non-hydrogen) atoms. The van der Waals surface area contributed by atoms with E-state index < -0.39 is 26.6 Å². The van der Waals surface area contributed by atoms with Crippen molar-refractivity contribution in [3.8, 4) is 0 Å². The summed E-state index contributed by atoms with van der Waals surface area (Å²) in [5.41, 5.74) is 0. The first-order valence-electron chi connectivity index (χ1n) is 5.98. The fourth-order valence-corrected chi connectivity index (χ4v) is 4.91. The van der Waals surface area contributed by atoms with Crippen LogP contribution in [0.5, 0.6) is 0 Å². The molecule has 1 aliphatic carbocycles. The van der Waals surface area contributed by atoms with E-state index in [1.807, 2.05) is 6.92 Å². The number of hydrogen-bond donors (Lipinski definition) is 1. The van der Waals surface area contributed by atoms with Crippen LogP contribution in [0, 0.1) is 17.6 Å². The Hall–Kier alpha value is -0.530. The van der Waals surface area contributed by atoms with Gasteiger partial charge in [0.15, 0.2) is 0 Å². The van der Waals surface area contributed by atoms with Gasteiger partial charge in [-0.25, -0.2) is 21.9 Å². The highest BCUT2D eigenvalue weighted by molar-refractivity contribution is 9.10. The van der Waals surface area contributed by atoms with Gasteiger partial charge in [0, 0.05) is 16.6 Å². The highest BCUT2D eigenvalue weighted by Gasteiger charge is 2.31. The molecule has 1 aromatic rings. The molecule has 0 bridgehead atoms.